The molecule has 1 spiro atoms. The number of aryl methyl sites for hydroxylation is 1. The van der Waals surface area contributed by atoms with E-state index in [1.807, 2.05) is 44.2 Å². The van der Waals surface area contributed by atoms with Crippen LogP contribution in [0.4, 0.5) is 14.5 Å². The number of hydrogen-bond acceptors (Lipinski definition) is 4. The molecule has 0 radical (unpaired) electrons. The van der Waals surface area contributed by atoms with Gasteiger partial charge in [0.2, 0.25) is 5.92 Å². The van der Waals surface area contributed by atoms with Crippen LogP contribution < -0.4 is 9.64 Å². The molecule has 2 aliphatic rings. The molecule has 8 heteroatoms. The summed E-state index contributed by atoms with van der Waals surface area (Å²) in [6.45, 7) is 3.32. The first kappa shape index (κ1) is 24.6. The molecule has 3 aromatic rings. The Kier molecular flexibility index (Phi) is 5.98. The number of nitrogens with zero attached hydrogens (tertiary/aromatic N) is 2. The summed E-state index contributed by atoms with van der Waals surface area (Å²) in [4.78, 5) is 19.2. The lowest BCUT2D eigenvalue weighted by Crippen LogP contribution is -2.53. The molecule has 0 amide bonds. The molecule has 2 heterocycles. The van der Waals surface area contributed by atoms with Gasteiger partial charge >= 0.3 is 5.97 Å². The first-order valence-electron chi connectivity index (χ1n) is 12.3. The molecule has 2 N–H and O–H groups in total. The van der Waals surface area contributed by atoms with Gasteiger partial charge in [-0.2, -0.15) is 0 Å². The summed E-state index contributed by atoms with van der Waals surface area (Å²) in [6, 6.07) is 9.13. The maximum absolute atomic E-state index is 14.1. The molecule has 1 aliphatic carbocycles. The van der Waals surface area contributed by atoms with Crippen LogP contribution in [-0.2, 0) is 6.54 Å². The molecule has 1 saturated carbocycles. The molecule has 6 nitrogen and oxygen atoms in total. The number of methoxy groups -OCH3 is 1. The predicted octanol–water partition coefficient (Wildman–Crippen LogP) is 6.00. The van der Waals surface area contributed by atoms with Crippen LogP contribution in [0.2, 0.25) is 0 Å². The van der Waals surface area contributed by atoms with Gasteiger partial charge in [0, 0.05) is 67.9 Å². The Balaban J connectivity index is 1.58. The smallest absolute Gasteiger partial charge is 0.335 e. The van der Waals surface area contributed by atoms with E-state index in [-0.39, 0.29) is 29.9 Å². The van der Waals surface area contributed by atoms with E-state index < -0.39 is 11.9 Å². The molecule has 2 aromatic carbocycles. The van der Waals surface area contributed by atoms with Gasteiger partial charge in [-0.3, -0.25) is 4.90 Å². The Hall–Kier alpha value is -3.13. The molecular formula is C28H33F2N3O3. The van der Waals surface area contributed by atoms with Crippen LogP contribution in [0, 0.1) is 12.3 Å². The molecular weight excluding hydrogens is 464 g/mol. The summed E-state index contributed by atoms with van der Waals surface area (Å²) in [6.07, 6.45) is 3.10. The quantitative estimate of drug-likeness (QED) is 0.437. The zero-order valence-corrected chi connectivity index (χ0v) is 21.2. The van der Waals surface area contributed by atoms with E-state index in [9.17, 15) is 18.7 Å². The lowest BCUT2D eigenvalue weighted by molar-refractivity contribution is -0.186. The highest BCUT2D eigenvalue weighted by Crippen LogP contribution is 2.61. The van der Waals surface area contributed by atoms with E-state index in [4.69, 9.17) is 4.74 Å². The molecule has 5 rings (SSSR count). The molecule has 1 saturated heterocycles. The standard InChI is InChI=1S/C28H33F2N3O3/c1-17-11-24(36-4)21(19-7-9-31-25(17)19)14-33-10-8-27(15-28(29,30)16-27)13-23(33)20-6-5-18(26(34)35)12-22(20)32(2)3/h5-7,9,11-12,23,31H,8,10,13-16H2,1-4H3,(H,34,35)/t23-/m0/s1. The van der Waals surface area contributed by atoms with Crippen LogP contribution in [0.1, 0.15) is 58.8 Å². The zero-order chi connectivity index (χ0) is 25.8. The van der Waals surface area contributed by atoms with Crippen molar-refractivity contribution in [2.45, 2.75) is 51.1 Å². The summed E-state index contributed by atoms with van der Waals surface area (Å²) >= 11 is 0. The number of carboxylic acid groups (broad SMARTS) is 1. The number of fused-ring (bicyclic) bond motifs is 1. The molecule has 1 aliphatic heterocycles. The van der Waals surface area contributed by atoms with E-state index in [0.29, 0.717) is 25.9 Å². The maximum Gasteiger partial charge on any atom is 0.335 e. The van der Waals surface area contributed by atoms with Gasteiger partial charge in [-0.15, -0.1) is 0 Å². The van der Waals surface area contributed by atoms with Crippen molar-refractivity contribution in [3.8, 4) is 5.75 Å². The first-order valence-corrected chi connectivity index (χ1v) is 12.3. The number of aromatic amines is 1. The van der Waals surface area contributed by atoms with Gasteiger partial charge in [0.15, 0.2) is 0 Å². The third kappa shape index (κ3) is 4.21. The molecule has 0 unspecified atom stereocenters. The molecule has 2 fully saturated rings. The Morgan fingerprint density at radius 3 is 2.64 bits per heavy atom. The highest BCUT2D eigenvalue weighted by atomic mass is 19.3. The fraction of sp³-hybridized carbons (Fsp3) is 0.464. The molecule has 0 bridgehead atoms. The number of piperidine rings is 1. The first-order chi connectivity index (χ1) is 17.0. The minimum Gasteiger partial charge on any atom is -0.496 e. The number of H-pyrrole nitrogens is 1. The second-order valence-electron chi connectivity index (χ2n) is 10.8. The second kappa shape index (κ2) is 8.76. The van der Waals surface area contributed by atoms with Crippen LogP contribution in [-0.4, -0.2) is 54.6 Å². The summed E-state index contributed by atoms with van der Waals surface area (Å²) < 4.78 is 33.9. The topological polar surface area (TPSA) is 68.8 Å². The highest BCUT2D eigenvalue weighted by molar-refractivity contribution is 5.89. The minimum atomic E-state index is -2.60. The van der Waals surface area contributed by atoms with Crippen molar-refractivity contribution < 1.29 is 23.4 Å². The van der Waals surface area contributed by atoms with Gasteiger partial charge in [0.25, 0.3) is 0 Å². The van der Waals surface area contributed by atoms with Gasteiger partial charge in [-0.25, -0.2) is 13.6 Å². The number of aromatic carboxylic acids is 1. The number of carbonyl (C=O) groups is 1. The van der Waals surface area contributed by atoms with Crippen LogP contribution in [0.3, 0.4) is 0 Å². The van der Waals surface area contributed by atoms with Gasteiger partial charge in [0.05, 0.1) is 12.7 Å². The molecule has 36 heavy (non-hydrogen) atoms. The Morgan fingerprint density at radius 1 is 1.25 bits per heavy atom. The van der Waals surface area contributed by atoms with Gasteiger partial charge in [0.1, 0.15) is 5.75 Å². The zero-order valence-electron chi connectivity index (χ0n) is 21.2. The third-order valence-electron chi connectivity index (χ3n) is 8.07. The average molecular weight is 498 g/mol. The summed E-state index contributed by atoms with van der Waals surface area (Å²) in [5.74, 6) is -2.77. The number of likely N-dealkylation sites (tertiary alicyclic amines) is 1. The number of ether oxygens (including phenoxy) is 1. The SMILES string of the molecule is COc1cc(C)c2[nH]ccc2c1CN1CCC2(C[C@H]1c1ccc(C(=O)O)cc1N(C)C)CC(F)(F)C2. The molecule has 1 aromatic heterocycles. The number of nitrogens with one attached hydrogen (secondary N) is 1. The van der Waals surface area contributed by atoms with Crippen LogP contribution in [0.15, 0.2) is 36.5 Å². The summed E-state index contributed by atoms with van der Waals surface area (Å²) in [5, 5.41) is 10.7. The van der Waals surface area contributed by atoms with Crippen molar-refractivity contribution in [1.29, 1.82) is 0 Å². The monoisotopic (exact) mass is 497 g/mol. The third-order valence-corrected chi connectivity index (χ3v) is 8.07. The van der Waals surface area contributed by atoms with Crippen molar-refractivity contribution in [3.05, 3.63) is 58.8 Å². The van der Waals surface area contributed by atoms with Gasteiger partial charge in [-0.1, -0.05) is 6.07 Å². The van der Waals surface area contributed by atoms with E-state index in [2.05, 4.69) is 16.0 Å². The van der Waals surface area contributed by atoms with E-state index >= 15 is 0 Å². The number of anilines is 1. The molecule has 192 valence electrons. The van der Waals surface area contributed by atoms with E-state index in [1.54, 1.807) is 19.2 Å². The average Bonchev–Trinajstić information content (AvgIpc) is 3.30. The van der Waals surface area contributed by atoms with Crippen molar-refractivity contribution >= 4 is 22.6 Å². The lowest BCUT2D eigenvalue weighted by atomic mass is 9.58. The van der Waals surface area contributed by atoms with Crippen molar-refractivity contribution in [3.63, 3.8) is 0 Å². The van der Waals surface area contributed by atoms with E-state index in [0.717, 1.165) is 39.0 Å². The van der Waals surface area contributed by atoms with Gasteiger partial charge in [-0.05, 0) is 67.1 Å². The Labute approximate surface area is 209 Å². The lowest BCUT2D eigenvalue weighted by Gasteiger charge is -2.55. The summed E-state index contributed by atoms with van der Waals surface area (Å²) in [5.41, 5.74) is 4.82. The highest BCUT2D eigenvalue weighted by Gasteiger charge is 2.58. The van der Waals surface area contributed by atoms with Gasteiger partial charge < -0.3 is 19.7 Å². The van der Waals surface area contributed by atoms with Crippen molar-refractivity contribution in [2.24, 2.45) is 5.41 Å². The minimum absolute atomic E-state index is 0.0786. The normalized spacial score (nSPS) is 20.9. The largest absolute Gasteiger partial charge is 0.496 e. The Bertz CT molecular complexity index is 1310. The fourth-order valence-electron chi connectivity index (χ4n) is 6.37. The maximum atomic E-state index is 14.1. The summed E-state index contributed by atoms with van der Waals surface area (Å²) in [7, 11) is 5.44. The molecule has 1 atom stereocenters. The number of aromatic nitrogens is 1. The Morgan fingerprint density at radius 2 is 2.00 bits per heavy atom. The fourth-order valence-corrected chi connectivity index (χ4v) is 6.37. The van der Waals surface area contributed by atoms with Crippen LogP contribution >= 0.6 is 0 Å². The number of benzene rings is 2. The number of hydrogen-bond donors (Lipinski definition) is 2. The number of rotatable bonds is 6. The van der Waals surface area contributed by atoms with Crippen LogP contribution in [0.5, 0.6) is 5.75 Å². The van der Waals surface area contributed by atoms with Crippen molar-refractivity contribution in [1.82, 2.24) is 9.88 Å². The van der Waals surface area contributed by atoms with Crippen molar-refractivity contribution in [2.75, 3.05) is 32.6 Å². The number of alkyl halides is 2. The number of halogens is 2. The second-order valence-corrected chi connectivity index (χ2v) is 10.8. The van der Waals surface area contributed by atoms with Crippen LogP contribution in [0.25, 0.3) is 10.9 Å². The van der Waals surface area contributed by atoms with E-state index in [1.165, 1.54) is 0 Å². The predicted molar refractivity (Wildman–Crippen MR) is 136 cm³/mol. The number of carboxylic acids is 1.